The highest BCUT2D eigenvalue weighted by atomic mass is 35.5. The van der Waals surface area contributed by atoms with E-state index in [9.17, 15) is 0 Å². The highest BCUT2D eigenvalue weighted by Gasteiger charge is 2.20. The van der Waals surface area contributed by atoms with Crippen LogP contribution in [-0.2, 0) is 4.74 Å². The van der Waals surface area contributed by atoms with Crippen LogP contribution in [0.25, 0.3) is 17.0 Å². The summed E-state index contributed by atoms with van der Waals surface area (Å²) in [5.74, 6) is 0. The summed E-state index contributed by atoms with van der Waals surface area (Å²) in [5, 5.41) is 6.29. The topological polar surface area (TPSA) is 27.1 Å². The van der Waals surface area contributed by atoms with Crippen LogP contribution in [0.1, 0.15) is 36.6 Å². The fraction of sp³-hybridized carbons (Fsp3) is 0.400. The Balaban J connectivity index is 2.17. The van der Waals surface area contributed by atoms with Crippen molar-refractivity contribution in [3.05, 3.63) is 35.0 Å². The van der Waals surface area contributed by atoms with Gasteiger partial charge >= 0.3 is 0 Å². The van der Waals surface area contributed by atoms with E-state index in [1.54, 1.807) is 6.08 Å². The Morgan fingerprint density at radius 2 is 2.37 bits per heavy atom. The van der Waals surface area contributed by atoms with Crippen LogP contribution >= 0.6 is 11.6 Å². The van der Waals surface area contributed by atoms with Crippen LogP contribution in [0, 0.1) is 6.92 Å². The second-order valence-electron chi connectivity index (χ2n) is 4.97. The summed E-state index contributed by atoms with van der Waals surface area (Å²) >= 11 is 6.33. The molecule has 0 spiro atoms. The van der Waals surface area contributed by atoms with Gasteiger partial charge in [-0.15, -0.1) is 0 Å². The van der Waals surface area contributed by atoms with E-state index in [-0.39, 0.29) is 6.23 Å². The van der Waals surface area contributed by atoms with Crippen molar-refractivity contribution in [2.24, 2.45) is 0 Å². The first-order valence-corrected chi connectivity index (χ1v) is 7.00. The van der Waals surface area contributed by atoms with Crippen molar-refractivity contribution in [2.75, 3.05) is 6.61 Å². The number of benzene rings is 1. The molecule has 0 bridgehead atoms. The molecule has 0 aliphatic carbocycles. The van der Waals surface area contributed by atoms with Crippen LogP contribution in [0.15, 0.2) is 18.8 Å². The van der Waals surface area contributed by atoms with E-state index >= 15 is 0 Å². The molecule has 1 fully saturated rings. The lowest BCUT2D eigenvalue weighted by Crippen LogP contribution is -2.19. The van der Waals surface area contributed by atoms with Crippen LogP contribution < -0.4 is 0 Å². The van der Waals surface area contributed by atoms with Gasteiger partial charge in [0, 0.05) is 17.6 Å². The minimum atomic E-state index is 0.0458. The Morgan fingerprint density at radius 1 is 1.53 bits per heavy atom. The molecule has 1 aliphatic heterocycles. The fourth-order valence-electron chi connectivity index (χ4n) is 2.67. The third-order valence-corrected chi connectivity index (χ3v) is 4.19. The smallest absolute Gasteiger partial charge is 0.150 e. The molecule has 1 unspecified atom stereocenters. The summed E-state index contributed by atoms with van der Waals surface area (Å²) in [6, 6.07) is 2.08. The van der Waals surface area contributed by atoms with Gasteiger partial charge in [-0.3, -0.25) is 0 Å². The Labute approximate surface area is 117 Å². The van der Waals surface area contributed by atoms with Gasteiger partial charge in [-0.2, -0.15) is 5.10 Å². The van der Waals surface area contributed by atoms with E-state index in [0.29, 0.717) is 0 Å². The van der Waals surface area contributed by atoms with E-state index in [2.05, 4.69) is 17.7 Å². The van der Waals surface area contributed by atoms with Crippen molar-refractivity contribution < 1.29 is 4.74 Å². The average molecular weight is 277 g/mol. The zero-order chi connectivity index (χ0) is 13.4. The molecule has 1 aliphatic rings. The van der Waals surface area contributed by atoms with Crippen molar-refractivity contribution >= 4 is 28.6 Å². The first kappa shape index (κ1) is 12.7. The molecule has 100 valence electrons. The molecule has 3 nitrogen and oxygen atoms in total. The van der Waals surface area contributed by atoms with Gasteiger partial charge in [0.05, 0.1) is 16.7 Å². The Morgan fingerprint density at radius 3 is 3.05 bits per heavy atom. The number of halogens is 1. The number of aromatic nitrogens is 2. The predicted molar refractivity (Wildman–Crippen MR) is 78.4 cm³/mol. The van der Waals surface area contributed by atoms with Gasteiger partial charge in [-0.25, -0.2) is 4.68 Å². The summed E-state index contributed by atoms with van der Waals surface area (Å²) in [7, 11) is 0. The number of hydrogen-bond acceptors (Lipinski definition) is 2. The van der Waals surface area contributed by atoms with Gasteiger partial charge in [0.2, 0.25) is 0 Å². The third-order valence-electron chi connectivity index (χ3n) is 3.69. The van der Waals surface area contributed by atoms with Crippen LogP contribution in [-0.4, -0.2) is 16.4 Å². The second kappa shape index (κ2) is 4.99. The van der Waals surface area contributed by atoms with Crippen LogP contribution in [0.5, 0.6) is 0 Å². The minimum Gasteiger partial charge on any atom is -0.356 e. The number of ether oxygens (including phenoxy) is 1. The van der Waals surface area contributed by atoms with Gasteiger partial charge < -0.3 is 4.74 Å². The third kappa shape index (κ3) is 2.07. The molecule has 2 heterocycles. The van der Waals surface area contributed by atoms with Gasteiger partial charge in [0.1, 0.15) is 0 Å². The van der Waals surface area contributed by atoms with E-state index < -0.39 is 0 Å². The van der Waals surface area contributed by atoms with Crippen molar-refractivity contribution in [3.8, 4) is 0 Å². The predicted octanol–water partition coefficient (Wildman–Crippen LogP) is 4.34. The van der Waals surface area contributed by atoms with Gasteiger partial charge in [0.15, 0.2) is 6.23 Å². The van der Waals surface area contributed by atoms with Crippen LogP contribution in [0.2, 0.25) is 5.02 Å². The number of aryl methyl sites for hydroxylation is 1. The molecule has 1 saturated heterocycles. The number of hydrogen-bond donors (Lipinski definition) is 0. The lowest BCUT2D eigenvalue weighted by molar-refractivity contribution is -0.0366. The van der Waals surface area contributed by atoms with Crippen LogP contribution in [0.3, 0.4) is 0 Å². The number of fused-ring (bicyclic) bond motifs is 1. The lowest BCUT2D eigenvalue weighted by atomic mass is 10.1. The van der Waals surface area contributed by atoms with Crippen LogP contribution in [0.4, 0.5) is 0 Å². The summed E-state index contributed by atoms with van der Waals surface area (Å²) < 4.78 is 7.79. The van der Waals surface area contributed by atoms with Crippen molar-refractivity contribution in [2.45, 2.75) is 32.4 Å². The molecule has 1 aromatic carbocycles. The molecular formula is C15H17ClN2O. The fourth-order valence-corrected chi connectivity index (χ4v) is 2.90. The quantitative estimate of drug-likeness (QED) is 0.816. The first-order valence-electron chi connectivity index (χ1n) is 6.62. The van der Waals surface area contributed by atoms with Crippen molar-refractivity contribution in [1.29, 1.82) is 0 Å². The molecule has 0 N–H and O–H groups in total. The zero-order valence-corrected chi connectivity index (χ0v) is 11.8. The standard InChI is InChI=1S/C15H17ClN2O/c1-3-11-12-9-17-18(14-6-4-5-7-19-14)13(12)8-10(2)15(11)16/h3,8-9,14H,1,4-7H2,2H3. The second-order valence-corrected chi connectivity index (χ2v) is 5.35. The molecule has 0 amide bonds. The summed E-state index contributed by atoms with van der Waals surface area (Å²) in [6.07, 6.45) is 7.04. The highest BCUT2D eigenvalue weighted by Crippen LogP contribution is 2.33. The molecule has 19 heavy (non-hydrogen) atoms. The SMILES string of the molecule is C=Cc1c(Cl)c(C)cc2c1cnn2C1CCCCO1. The molecule has 0 saturated carbocycles. The maximum atomic E-state index is 6.33. The first-order chi connectivity index (χ1) is 9.22. The molecule has 3 rings (SSSR count). The van der Waals surface area contributed by atoms with Crippen molar-refractivity contribution in [3.63, 3.8) is 0 Å². The van der Waals surface area contributed by atoms with Gasteiger partial charge in [0.25, 0.3) is 0 Å². The molecular weight excluding hydrogens is 260 g/mol. The van der Waals surface area contributed by atoms with E-state index in [1.165, 1.54) is 6.42 Å². The van der Waals surface area contributed by atoms with Gasteiger partial charge in [-0.05, 0) is 37.8 Å². The Bertz CT molecular complexity index is 627. The average Bonchev–Trinajstić information content (AvgIpc) is 2.84. The van der Waals surface area contributed by atoms with E-state index in [4.69, 9.17) is 16.3 Å². The highest BCUT2D eigenvalue weighted by molar-refractivity contribution is 6.34. The summed E-state index contributed by atoms with van der Waals surface area (Å²) in [6.45, 7) is 6.67. The maximum absolute atomic E-state index is 6.33. The summed E-state index contributed by atoms with van der Waals surface area (Å²) in [5.41, 5.74) is 3.07. The van der Waals surface area contributed by atoms with E-state index in [1.807, 2.05) is 17.8 Å². The lowest BCUT2D eigenvalue weighted by Gasteiger charge is -2.23. The molecule has 1 aromatic heterocycles. The number of rotatable bonds is 2. The van der Waals surface area contributed by atoms with E-state index in [0.717, 1.165) is 46.5 Å². The minimum absolute atomic E-state index is 0.0458. The molecule has 2 aromatic rings. The number of nitrogens with zero attached hydrogens (tertiary/aromatic N) is 2. The molecule has 0 radical (unpaired) electrons. The Kier molecular flexibility index (Phi) is 3.33. The summed E-state index contributed by atoms with van der Waals surface area (Å²) in [4.78, 5) is 0. The Hall–Kier alpha value is -1.32. The monoisotopic (exact) mass is 276 g/mol. The zero-order valence-electron chi connectivity index (χ0n) is 11.0. The maximum Gasteiger partial charge on any atom is 0.150 e. The molecule has 4 heteroatoms. The molecule has 1 atom stereocenters. The van der Waals surface area contributed by atoms with Gasteiger partial charge in [-0.1, -0.05) is 24.3 Å². The normalized spacial score (nSPS) is 19.8. The van der Waals surface area contributed by atoms with Crippen molar-refractivity contribution in [1.82, 2.24) is 9.78 Å². The largest absolute Gasteiger partial charge is 0.356 e.